The maximum Gasteiger partial charge on any atom is 0.165 e. The molecular formula is C17H18O3. The maximum atomic E-state index is 11.9. The van der Waals surface area contributed by atoms with Crippen molar-refractivity contribution in [3.63, 3.8) is 0 Å². The second kappa shape index (κ2) is 7.58. The van der Waals surface area contributed by atoms with E-state index < -0.39 is 6.10 Å². The summed E-state index contributed by atoms with van der Waals surface area (Å²) in [5.41, 5.74) is 1.67. The molecule has 104 valence electrons. The fraction of sp³-hybridized carbons (Fsp3) is 0.235. The van der Waals surface area contributed by atoms with Crippen molar-refractivity contribution in [3.05, 3.63) is 71.8 Å². The molecule has 0 unspecified atom stereocenters. The minimum Gasteiger partial charge on any atom is -0.390 e. The first kappa shape index (κ1) is 14.4. The van der Waals surface area contributed by atoms with Gasteiger partial charge in [0.1, 0.15) is 0 Å². The highest BCUT2D eigenvalue weighted by Gasteiger charge is 2.12. The molecule has 0 radical (unpaired) electrons. The Labute approximate surface area is 118 Å². The lowest BCUT2D eigenvalue weighted by atomic mass is 10.1. The highest BCUT2D eigenvalue weighted by Crippen LogP contribution is 2.07. The summed E-state index contributed by atoms with van der Waals surface area (Å²) < 4.78 is 5.42. The van der Waals surface area contributed by atoms with Crippen LogP contribution in [0.1, 0.15) is 22.3 Å². The van der Waals surface area contributed by atoms with Gasteiger partial charge in [-0.25, -0.2) is 0 Å². The number of aliphatic hydroxyl groups excluding tert-OH is 1. The van der Waals surface area contributed by atoms with Gasteiger partial charge in [-0.3, -0.25) is 4.79 Å². The minimum absolute atomic E-state index is 0.0681. The molecule has 0 aromatic heterocycles. The first-order valence-corrected chi connectivity index (χ1v) is 6.63. The van der Waals surface area contributed by atoms with E-state index in [-0.39, 0.29) is 18.8 Å². The van der Waals surface area contributed by atoms with Crippen LogP contribution in [0.5, 0.6) is 0 Å². The van der Waals surface area contributed by atoms with Crippen LogP contribution >= 0.6 is 0 Å². The number of Topliss-reactive ketones (excluding diaryl/α,β-unsaturated/α-hetero) is 1. The highest BCUT2D eigenvalue weighted by molar-refractivity contribution is 5.96. The number of hydrogen-bond acceptors (Lipinski definition) is 3. The molecule has 0 saturated carbocycles. The molecule has 20 heavy (non-hydrogen) atoms. The summed E-state index contributed by atoms with van der Waals surface area (Å²) in [5, 5.41) is 9.81. The average Bonchev–Trinajstić information content (AvgIpc) is 2.49. The largest absolute Gasteiger partial charge is 0.390 e. The van der Waals surface area contributed by atoms with E-state index in [1.165, 1.54) is 0 Å². The topological polar surface area (TPSA) is 46.5 Å². The van der Waals surface area contributed by atoms with Gasteiger partial charge in [0.2, 0.25) is 0 Å². The van der Waals surface area contributed by atoms with Crippen LogP contribution in [-0.4, -0.2) is 23.6 Å². The molecule has 2 aromatic carbocycles. The van der Waals surface area contributed by atoms with Gasteiger partial charge in [-0.1, -0.05) is 60.7 Å². The first-order valence-electron chi connectivity index (χ1n) is 6.63. The maximum absolute atomic E-state index is 11.9. The van der Waals surface area contributed by atoms with Crippen LogP contribution in [0.2, 0.25) is 0 Å². The SMILES string of the molecule is O=C(C[C@@H](O)COCc1ccccc1)c1ccccc1. The summed E-state index contributed by atoms with van der Waals surface area (Å²) in [4.78, 5) is 11.9. The van der Waals surface area contributed by atoms with E-state index >= 15 is 0 Å². The summed E-state index contributed by atoms with van der Waals surface area (Å²) in [6, 6.07) is 18.7. The molecule has 1 N–H and O–H groups in total. The molecule has 0 heterocycles. The third-order valence-electron chi connectivity index (χ3n) is 2.94. The lowest BCUT2D eigenvalue weighted by Gasteiger charge is -2.10. The van der Waals surface area contributed by atoms with Crippen molar-refractivity contribution in [3.8, 4) is 0 Å². The van der Waals surface area contributed by atoms with Gasteiger partial charge in [-0.15, -0.1) is 0 Å². The summed E-state index contributed by atoms with van der Waals surface area (Å²) in [6.07, 6.45) is -0.690. The van der Waals surface area contributed by atoms with E-state index in [0.717, 1.165) is 5.56 Å². The summed E-state index contributed by atoms with van der Waals surface area (Å²) >= 11 is 0. The van der Waals surface area contributed by atoms with Crippen LogP contribution in [-0.2, 0) is 11.3 Å². The van der Waals surface area contributed by atoms with Crippen LogP contribution in [0, 0.1) is 0 Å². The monoisotopic (exact) mass is 270 g/mol. The average molecular weight is 270 g/mol. The van der Waals surface area contributed by atoms with Crippen LogP contribution in [0.3, 0.4) is 0 Å². The lowest BCUT2D eigenvalue weighted by molar-refractivity contribution is 0.0247. The van der Waals surface area contributed by atoms with Crippen molar-refractivity contribution < 1.29 is 14.6 Å². The molecule has 0 fully saturated rings. The van der Waals surface area contributed by atoms with Crippen LogP contribution < -0.4 is 0 Å². The van der Waals surface area contributed by atoms with E-state index in [0.29, 0.717) is 12.2 Å². The van der Waals surface area contributed by atoms with E-state index in [4.69, 9.17) is 4.74 Å². The molecule has 2 rings (SSSR count). The Hall–Kier alpha value is -1.97. The zero-order valence-electron chi connectivity index (χ0n) is 11.2. The van der Waals surface area contributed by atoms with Crippen LogP contribution in [0.15, 0.2) is 60.7 Å². The van der Waals surface area contributed by atoms with Crippen LogP contribution in [0.25, 0.3) is 0 Å². The molecule has 2 aromatic rings. The van der Waals surface area contributed by atoms with Gasteiger partial charge in [-0.05, 0) is 5.56 Å². The van der Waals surface area contributed by atoms with Crippen molar-refractivity contribution in [1.29, 1.82) is 0 Å². The zero-order chi connectivity index (χ0) is 14.2. The number of rotatable bonds is 7. The normalized spacial score (nSPS) is 12.1. The van der Waals surface area contributed by atoms with Gasteiger partial charge in [0.25, 0.3) is 0 Å². The van der Waals surface area contributed by atoms with E-state index in [1.54, 1.807) is 12.1 Å². The van der Waals surface area contributed by atoms with Crippen molar-refractivity contribution in [1.82, 2.24) is 0 Å². The molecule has 0 aliphatic rings. The van der Waals surface area contributed by atoms with Gasteiger partial charge in [0.05, 0.1) is 19.3 Å². The fourth-order valence-electron chi connectivity index (χ4n) is 1.90. The Kier molecular flexibility index (Phi) is 5.47. The van der Waals surface area contributed by atoms with Gasteiger partial charge in [-0.2, -0.15) is 0 Å². The number of carbonyl (C=O) groups is 1. The predicted octanol–water partition coefficient (Wildman–Crippen LogP) is 2.84. The van der Waals surface area contributed by atoms with Gasteiger partial charge in [0.15, 0.2) is 5.78 Å². The molecule has 3 heteroatoms. The van der Waals surface area contributed by atoms with E-state index in [2.05, 4.69) is 0 Å². The third-order valence-corrected chi connectivity index (χ3v) is 2.94. The smallest absolute Gasteiger partial charge is 0.165 e. The Balaban J connectivity index is 1.73. The van der Waals surface area contributed by atoms with Crippen molar-refractivity contribution in [2.24, 2.45) is 0 Å². The minimum atomic E-state index is -0.772. The lowest BCUT2D eigenvalue weighted by Crippen LogP contribution is -2.19. The standard InChI is InChI=1S/C17H18O3/c18-16(11-17(19)15-9-5-2-6-10-15)13-20-12-14-7-3-1-4-8-14/h1-10,16,18H,11-13H2/t16-/m1/s1. The third kappa shape index (κ3) is 4.61. The molecule has 1 atom stereocenters. The zero-order valence-corrected chi connectivity index (χ0v) is 11.2. The number of carbonyl (C=O) groups excluding carboxylic acids is 1. The molecule has 0 aliphatic carbocycles. The van der Waals surface area contributed by atoms with Crippen LogP contribution in [0.4, 0.5) is 0 Å². The Morgan fingerprint density at radius 1 is 1.00 bits per heavy atom. The number of ether oxygens (including phenoxy) is 1. The Morgan fingerprint density at radius 3 is 2.25 bits per heavy atom. The quantitative estimate of drug-likeness (QED) is 0.787. The summed E-state index contributed by atoms with van der Waals surface area (Å²) in [5.74, 6) is -0.0681. The first-order chi connectivity index (χ1) is 9.75. The number of benzene rings is 2. The molecule has 3 nitrogen and oxygen atoms in total. The fourth-order valence-corrected chi connectivity index (χ4v) is 1.90. The second-order valence-electron chi connectivity index (χ2n) is 4.65. The highest BCUT2D eigenvalue weighted by atomic mass is 16.5. The Bertz CT molecular complexity index is 522. The molecule has 0 saturated heterocycles. The molecule has 0 spiro atoms. The van der Waals surface area contributed by atoms with Crippen molar-refractivity contribution in [2.75, 3.05) is 6.61 Å². The van der Waals surface area contributed by atoms with E-state index in [9.17, 15) is 9.90 Å². The molecule has 0 amide bonds. The number of ketones is 1. The summed E-state index contributed by atoms with van der Waals surface area (Å²) in [6.45, 7) is 0.602. The van der Waals surface area contributed by atoms with Crippen molar-refractivity contribution >= 4 is 5.78 Å². The number of hydrogen-bond donors (Lipinski definition) is 1. The number of aliphatic hydroxyl groups is 1. The summed E-state index contributed by atoms with van der Waals surface area (Å²) in [7, 11) is 0. The van der Waals surface area contributed by atoms with Gasteiger partial charge in [0, 0.05) is 12.0 Å². The predicted molar refractivity (Wildman–Crippen MR) is 77.5 cm³/mol. The molecule has 0 bridgehead atoms. The van der Waals surface area contributed by atoms with Gasteiger partial charge < -0.3 is 9.84 Å². The van der Waals surface area contributed by atoms with E-state index in [1.807, 2.05) is 48.5 Å². The second-order valence-corrected chi connectivity index (χ2v) is 4.65. The molecule has 0 aliphatic heterocycles. The molecular weight excluding hydrogens is 252 g/mol. The van der Waals surface area contributed by atoms with Gasteiger partial charge >= 0.3 is 0 Å². The Morgan fingerprint density at radius 2 is 1.60 bits per heavy atom. The van der Waals surface area contributed by atoms with Crippen molar-refractivity contribution in [2.45, 2.75) is 19.1 Å².